The van der Waals surface area contributed by atoms with Gasteiger partial charge in [0.2, 0.25) is 0 Å². The van der Waals surface area contributed by atoms with Gasteiger partial charge in [-0.1, -0.05) is 43.3 Å². The lowest BCUT2D eigenvalue weighted by atomic mass is 9.81. The summed E-state index contributed by atoms with van der Waals surface area (Å²) in [5.74, 6) is 0.739. The standard InChI is InChI=1S/C19H24O2/c1-3-15-8-10-17(11-9-15)19(20)13-12-16-6-4-5-7-18(16)14-21-2/h3,8-11,14,16H,1,4-7,12-13H2,2H3/b18-14-/t16-/m1/s1. The number of hydrogen-bond donors (Lipinski definition) is 0. The molecule has 112 valence electrons. The van der Waals surface area contributed by atoms with Crippen LogP contribution < -0.4 is 0 Å². The molecule has 0 saturated heterocycles. The molecule has 0 heterocycles. The summed E-state index contributed by atoms with van der Waals surface area (Å²) in [6.45, 7) is 3.73. The number of rotatable bonds is 6. The molecule has 0 spiro atoms. The molecule has 2 nitrogen and oxygen atoms in total. The van der Waals surface area contributed by atoms with Crippen molar-refractivity contribution in [1.82, 2.24) is 0 Å². The molecular formula is C19H24O2. The maximum absolute atomic E-state index is 12.3. The van der Waals surface area contributed by atoms with E-state index in [9.17, 15) is 4.79 Å². The molecule has 0 aromatic heterocycles. The summed E-state index contributed by atoms with van der Waals surface area (Å²) in [6.07, 6.45) is 10.00. The van der Waals surface area contributed by atoms with E-state index in [-0.39, 0.29) is 5.78 Å². The Hall–Kier alpha value is -1.83. The normalized spacial score (nSPS) is 20.2. The topological polar surface area (TPSA) is 26.3 Å². The van der Waals surface area contributed by atoms with E-state index in [0.717, 1.165) is 24.0 Å². The highest BCUT2D eigenvalue weighted by atomic mass is 16.5. The summed E-state index contributed by atoms with van der Waals surface area (Å²) in [6, 6.07) is 7.67. The Bertz CT molecular complexity index is 511. The van der Waals surface area contributed by atoms with Crippen LogP contribution in [0.5, 0.6) is 0 Å². The zero-order chi connectivity index (χ0) is 15.1. The SMILES string of the molecule is C=Cc1ccc(C(=O)CC[C@H]2CCCC/C2=C/OC)cc1. The zero-order valence-electron chi connectivity index (χ0n) is 12.8. The van der Waals surface area contributed by atoms with Crippen LogP contribution in [-0.2, 0) is 4.74 Å². The van der Waals surface area contributed by atoms with Gasteiger partial charge in [-0.25, -0.2) is 0 Å². The number of benzene rings is 1. The zero-order valence-corrected chi connectivity index (χ0v) is 12.8. The molecule has 0 aliphatic heterocycles. The van der Waals surface area contributed by atoms with Crippen LogP contribution >= 0.6 is 0 Å². The summed E-state index contributed by atoms with van der Waals surface area (Å²) in [4.78, 5) is 12.3. The largest absolute Gasteiger partial charge is 0.504 e. The molecule has 1 atom stereocenters. The maximum Gasteiger partial charge on any atom is 0.162 e. The summed E-state index contributed by atoms with van der Waals surface area (Å²) >= 11 is 0. The molecular weight excluding hydrogens is 260 g/mol. The van der Waals surface area contributed by atoms with Crippen molar-refractivity contribution in [2.45, 2.75) is 38.5 Å². The average molecular weight is 284 g/mol. The second-order valence-electron chi connectivity index (χ2n) is 5.66. The monoisotopic (exact) mass is 284 g/mol. The van der Waals surface area contributed by atoms with Crippen LogP contribution in [0.4, 0.5) is 0 Å². The van der Waals surface area contributed by atoms with Crippen molar-refractivity contribution in [3.8, 4) is 0 Å². The predicted octanol–water partition coefficient (Wildman–Crippen LogP) is 5.01. The van der Waals surface area contributed by atoms with Crippen molar-refractivity contribution in [2.75, 3.05) is 7.11 Å². The van der Waals surface area contributed by atoms with E-state index >= 15 is 0 Å². The molecule has 2 heteroatoms. The van der Waals surface area contributed by atoms with Crippen molar-refractivity contribution in [1.29, 1.82) is 0 Å². The number of allylic oxidation sites excluding steroid dienone is 1. The highest BCUT2D eigenvalue weighted by Gasteiger charge is 2.20. The van der Waals surface area contributed by atoms with Gasteiger partial charge in [0.25, 0.3) is 0 Å². The van der Waals surface area contributed by atoms with E-state index in [1.807, 2.05) is 30.5 Å². The van der Waals surface area contributed by atoms with Crippen LogP contribution in [-0.4, -0.2) is 12.9 Å². The summed E-state index contributed by atoms with van der Waals surface area (Å²) < 4.78 is 5.17. The molecule has 0 radical (unpaired) electrons. The van der Waals surface area contributed by atoms with Crippen molar-refractivity contribution < 1.29 is 9.53 Å². The lowest BCUT2D eigenvalue weighted by molar-refractivity contribution is 0.0973. The van der Waals surface area contributed by atoms with Gasteiger partial charge in [-0.05, 0) is 42.7 Å². The molecule has 1 aromatic rings. The summed E-state index contributed by atoms with van der Waals surface area (Å²) in [7, 11) is 1.70. The number of ether oxygens (including phenoxy) is 1. The fourth-order valence-corrected chi connectivity index (χ4v) is 3.00. The van der Waals surface area contributed by atoms with Crippen molar-refractivity contribution in [3.63, 3.8) is 0 Å². The Balaban J connectivity index is 1.92. The van der Waals surface area contributed by atoms with Crippen LogP contribution in [0, 0.1) is 5.92 Å². The minimum atomic E-state index is 0.230. The van der Waals surface area contributed by atoms with Crippen molar-refractivity contribution in [3.05, 3.63) is 53.8 Å². The van der Waals surface area contributed by atoms with E-state index in [0.29, 0.717) is 12.3 Å². The van der Waals surface area contributed by atoms with Crippen LogP contribution in [0.15, 0.2) is 42.7 Å². The van der Waals surface area contributed by atoms with Gasteiger partial charge in [0.15, 0.2) is 5.78 Å². The highest BCUT2D eigenvalue weighted by molar-refractivity contribution is 5.96. The van der Waals surface area contributed by atoms with Gasteiger partial charge in [-0.2, -0.15) is 0 Å². The van der Waals surface area contributed by atoms with Gasteiger partial charge >= 0.3 is 0 Å². The van der Waals surface area contributed by atoms with Crippen LogP contribution in [0.3, 0.4) is 0 Å². The molecule has 1 aliphatic rings. The Kier molecular flexibility index (Phi) is 5.79. The number of hydrogen-bond acceptors (Lipinski definition) is 2. The third kappa shape index (κ3) is 4.32. The van der Waals surface area contributed by atoms with Crippen molar-refractivity contribution >= 4 is 11.9 Å². The highest BCUT2D eigenvalue weighted by Crippen LogP contribution is 2.33. The molecule has 1 saturated carbocycles. The van der Waals surface area contributed by atoms with Gasteiger partial charge in [0.1, 0.15) is 0 Å². The number of ketones is 1. The van der Waals surface area contributed by atoms with Crippen LogP contribution in [0.2, 0.25) is 0 Å². The number of carbonyl (C=O) groups is 1. The van der Waals surface area contributed by atoms with Gasteiger partial charge in [0.05, 0.1) is 13.4 Å². The maximum atomic E-state index is 12.3. The third-order valence-electron chi connectivity index (χ3n) is 4.25. The first-order valence-corrected chi connectivity index (χ1v) is 7.72. The van der Waals surface area contributed by atoms with E-state index in [1.54, 1.807) is 13.2 Å². The lowest BCUT2D eigenvalue weighted by Gasteiger charge is -2.24. The lowest BCUT2D eigenvalue weighted by Crippen LogP contribution is -2.12. The summed E-state index contributed by atoms with van der Waals surface area (Å²) in [5.41, 5.74) is 3.22. The molecule has 2 rings (SSSR count). The second kappa shape index (κ2) is 7.82. The van der Waals surface area contributed by atoms with Crippen molar-refractivity contribution in [2.24, 2.45) is 5.92 Å². The van der Waals surface area contributed by atoms with Gasteiger partial charge < -0.3 is 4.74 Å². The minimum absolute atomic E-state index is 0.230. The fourth-order valence-electron chi connectivity index (χ4n) is 3.00. The third-order valence-corrected chi connectivity index (χ3v) is 4.25. The first-order valence-electron chi connectivity index (χ1n) is 7.72. The van der Waals surface area contributed by atoms with E-state index < -0.39 is 0 Å². The van der Waals surface area contributed by atoms with Crippen LogP contribution in [0.1, 0.15) is 54.4 Å². The molecule has 0 N–H and O–H groups in total. The van der Waals surface area contributed by atoms with Gasteiger partial charge in [0, 0.05) is 12.0 Å². The molecule has 0 amide bonds. The van der Waals surface area contributed by atoms with Crippen LogP contribution in [0.25, 0.3) is 6.08 Å². The summed E-state index contributed by atoms with van der Waals surface area (Å²) in [5, 5.41) is 0. The Morgan fingerprint density at radius 3 is 2.76 bits per heavy atom. The number of carbonyl (C=O) groups excluding carboxylic acids is 1. The second-order valence-corrected chi connectivity index (χ2v) is 5.66. The Labute approximate surface area is 127 Å². The van der Waals surface area contributed by atoms with E-state index in [2.05, 4.69) is 6.58 Å². The Morgan fingerprint density at radius 1 is 1.33 bits per heavy atom. The van der Waals surface area contributed by atoms with Gasteiger partial charge in [-0.15, -0.1) is 0 Å². The molecule has 1 aliphatic carbocycles. The number of Topliss-reactive ketones (excluding diaryl/α,β-unsaturated/α-hetero) is 1. The quantitative estimate of drug-likeness (QED) is 0.542. The minimum Gasteiger partial charge on any atom is -0.504 e. The number of methoxy groups -OCH3 is 1. The first kappa shape index (κ1) is 15.6. The molecule has 21 heavy (non-hydrogen) atoms. The predicted molar refractivity (Wildman–Crippen MR) is 87.1 cm³/mol. The first-order chi connectivity index (χ1) is 10.2. The van der Waals surface area contributed by atoms with E-state index in [4.69, 9.17) is 4.74 Å². The average Bonchev–Trinajstić information content (AvgIpc) is 2.54. The van der Waals surface area contributed by atoms with Gasteiger partial charge in [-0.3, -0.25) is 4.79 Å². The molecule has 1 aromatic carbocycles. The molecule has 0 bridgehead atoms. The molecule has 1 fully saturated rings. The fraction of sp³-hybridized carbons (Fsp3) is 0.421. The molecule has 0 unspecified atom stereocenters. The Morgan fingerprint density at radius 2 is 2.10 bits per heavy atom. The van der Waals surface area contributed by atoms with E-state index in [1.165, 1.54) is 24.8 Å². The smallest absolute Gasteiger partial charge is 0.162 e.